The quantitative estimate of drug-likeness (QED) is 0.518. The highest BCUT2D eigenvalue weighted by molar-refractivity contribution is 5.70. The van der Waals surface area contributed by atoms with Gasteiger partial charge in [-0.15, -0.1) is 0 Å². The Morgan fingerprint density at radius 2 is 2.00 bits per heavy atom. The summed E-state index contributed by atoms with van der Waals surface area (Å²) in [5.41, 5.74) is 7.38. The largest absolute Gasteiger partial charge is 0.397 e. The lowest BCUT2D eigenvalue weighted by atomic mass is 10.1. The van der Waals surface area contributed by atoms with Crippen molar-refractivity contribution in [3.63, 3.8) is 0 Å². The SMILES string of the molecule is CCC(C)N1CCN(c2ccc([N+](=O)[O-])cc2N)CC1. The number of nitro groups is 1. The second-order valence-corrected chi connectivity index (χ2v) is 5.28. The van der Waals surface area contributed by atoms with Gasteiger partial charge in [-0.05, 0) is 19.4 Å². The van der Waals surface area contributed by atoms with E-state index in [9.17, 15) is 10.1 Å². The predicted molar refractivity (Wildman–Crippen MR) is 81.0 cm³/mol. The summed E-state index contributed by atoms with van der Waals surface area (Å²) in [7, 11) is 0. The van der Waals surface area contributed by atoms with Gasteiger partial charge in [-0.1, -0.05) is 6.92 Å². The van der Waals surface area contributed by atoms with E-state index in [0.717, 1.165) is 38.3 Å². The van der Waals surface area contributed by atoms with E-state index < -0.39 is 4.92 Å². The number of nitrogens with zero attached hydrogens (tertiary/aromatic N) is 3. The average molecular weight is 278 g/mol. The van der Waals surface area contributed by atoms with Gasteiger partial charge in [0.25, 0.3) is 5.69 Å². The minimum atomic E-state index is -0.416. The van der Waals surface area contributed by atoms with Crippen LogP contribution in [0.15, 0.2) is 18.2 Å². The summed E-state index contributed by atoms with van der Waals surface area (Å²) < 4.78 is 0. The zero-order valence-corrected chi connectivity index (χ0v) is 12.1. The Labute approximate surface area is 119 Å². The van der Waals surface area contributed by atoms with Gasteiger partial charge in [-0.2, -0.15) is 0 Å². The third-order valence-electron chi connectivity index (χ3n) is 4.09. The molecule has 0 aromatic heterocycles. The molecule has 1 atom stereocenters. The van der Waals surface area contributed by atoms with Crippen LogP contribution in [0.25, 0.3) is 0 Å². The van der Waals surface area contributed by atoms with Crippen molar-refractivity contribution in [1.29, 1.82) is 0 Å². The number of nitro benzene ring substituents is 1. The molecule has 6 heteroatoms. The molecule has 1 aliphatic heterocycles. The van der Waals surface area contributed by atoms with E-state index in [0.29, 0.717) is 11.7 Å². The van der Waals surface area contributed by atoms with Gasteiger partial charge in [-0.3, -0.25) is 15.0 Å². The molecule has 0 spiro atoms. The van der Waals surface area contributed by atoms with Gasteiger partial charge in [0.1, 0.15) is 0 Å². The maximum absolute atomic E-state index is 10.7. The smallest absolute Gasteiger partial charge is 0.271 e. The Hall–Kier alpha value is -1.82. The summed E-state index contributed by atoms with van der Waals surface area (Å²) in [5.74, 6) is 0. The van der Waals surface area contributed by atoms with Crippen LogP contribution in [0.1, 0.15) is 20.3 Å². The summed E-state index contributed by atoms with van der Waals surface area (Å²) >= 11 is 0. The minimum absolute atomic E-state index is 0.0458. The van der Waals surface area contributed by atoms with Crippen molar-refractivity contribution in [2.45, 2.75) is 26.3 Å². The molecule has 0 amide bonds. The van der Waals surface area contributed by atoms with E-state index in [4.69, 9.17) is 5.73 Å². The molecule has 0 radical (unpaired) electrons. The fourth-order valence-corrected chi connectivity index (χ4v) is 2.61. The summed E-state index contributed by atoms with van der Waals surface area (Å²) in [6.45, 7) is 8.27. The molecule has 1 saturated heterocycles. The van der Waals surface area contributed by atoms with Crippen LogP contribution in [0, 0.1) is 10.1 Å². The number of hydrogen-bond donors (Lipinski definition) is 1. The van der Waals surface area contributed by atoms with Crippen LogP contribution < -0.4 is 10.6 Å². The highest BCUT2D eigenvalue weighted by Crippen LogP contribution is 2.28. The molecule has 2 rings (SSSR count). The molecule has 0 saturated carbocycles. The molecule has 2 N–H and O–H groups in total. The third kappa shape index (κ3) is 3.01. The first-order valence-electron chi connectivity index (χ1n) is 7.05. The van der Waals surface area contributed by atoms with E-state index in [1.165, 1.54) is 12.1 Å². The molecular formula is C14H22N4O2. The number of nitrogen functional groups attached to an aromatic ring is 1. The van der Waals surface area contributed by atoms with Gasteiger partial charge in [-0.25, -0.2) is 0 Å². The highest BCUT2D eigenvalue weighted by Gasteiger charge is 2.22. The molecule has 1 aliphatic rings. The number of anilines is 2. The van der Waals surface area contributed by atoms with E-state index in [1.807, 2.05) is 0 Å². The van der Waals surface area contributed by atoms with Gasteiger partial charge in [0.2, 0.25) is 0 Å². The fraction of sp³-hybridized carbons (Fsp3) is 0.571. The number of nitrogens with two attached hydrogens (primary N) is 1. The van der Waals surface area contributed by atoms with Crippen LogP contribution in [0.3, 0.4) is 0 Å². The Morgan fingerprint density at radius 1 is 1.35 bits per heavy atom. The van der Waals surface area contributed by atoms with Gasteiger partial charge in [0.15, 0.2) is 0 Å². The lowest BCUT2D eigenvalue weighted by Crippen LogP contribution is -2.49. The fourth-order valence-electron chi connectivity index (χ4n) is 2.61. The van der Waals surface area contributed by atoms with Gasteiger partial charge in [0.05, 0.1) is 16.3 Å². The summed E-state index contributed by atoms with van der Waals surface area (Å²) in [6, 6.07) is 5.32. The zero-order chi connectivity index (χ0) is 14.7. The Bertz CT molecular complexity index is 484. The Balaban J connectivity index is 2.05. The molecular weight excluding hydrogens is 256 g/mol. The number of hydrogen-bond acceptors (Lipinski definition) is 5. The van der Waals surface area contributed by atoms with Crippen molar-refractivity contribution < 1.29 is 4.92 Å². The molecule has 1 heterocycles. The van der Waals surface area contributed by atoms with E-state index in [2.05, 4.69) is 23.6 Å². The monoisotopic (exact) mass is 278 g/mol. The molecule has 1 aromatic carbocycles. The van der Waals surface area contributed by atoms with Crippen molar-refractivity contribution in [3.8, 4) is 0 Å². The number of piperazine rings is 1. The highest BCUT2D eigenvalue weighted by atomic mass is 16.6. The second-order valence-electron chi connectivity index (χ2n) is 5.28. The second kappa shape index (κ2) is 6.09. The third-order valence-corrected chi connectivity index (χ3v) is 4.09. The van der Waals surface area contributed by atoms with Crippen LogP contribution in [0.2, 0.25) is 0 Å². The summed E-state index contributed by atoms with van der Waals surface area (Å²) in [4.78, 5) is 15.0. The number of rotatable bonds is 4. The molecule has 0 aliphatic carbocycles. The molecule has 1 aromatic rings. The van der Waals surface area contributed by atoms with Gasteiger partial charge in [0, 0.05) is 44.4 Å². The Kier molecular flexibility index (Phi) is 4.44. The average Bonchev–Trinajstić information content (AvgIpc) is 2.46. The van der Waals surface area contributed by atoms with Crippen molar-refractivity contribution >= 4 is 17.1 Å². The van der Waals surface area contributed by atoms with Crippen LogP contribution in [-0.2, 0) is 0 Å². The van der Waals surface area contributed by atoms with E-state index in [1.54, 1.807) is 6.07 Å². The van der Waals surface area contributed by atoms with E-state index in [-0.39, 0.29) is 5.69 Å². The zero-order valence-electron chi connectivity index (χ0n) is 12.1. The lowest BCUT2D eigenvalue weighted by molar-refractivity contribution is -0.384. The Morgan fingerprint density at radius 3 is 2.50 bits per heavy atom. The molecule has 1 fully saturated rings. The van der Waals surface area contributed by atoms with Crippen LogP contribution >= 0.6 is 0 Å². The molecule has 0 bridgehead atoms. The maximum Gasteiger partial charge on any atom is 0.271 e. The van der Waals surface area contributed by atoms with Crippen molar-refractivity contribution in [2.75, 3.05) is 36.8 Å². The summed E-state index contributed by atoms with van der Waals surface area (Å²) in [5, 5.41) is 10.7. The van der Waals surface area contributed by atoms with Gasteiger partial charge >= 0.3 is 0 Å². The topological polar surface area (TPSA) is 75.6 Å². The normalized spacial score (nSPS) is 18.0. The van der Waals surface area contributed by atoms with E-state index >= 15 is 0 Å². The van der Waals surface area contributed by atoms with Gasteiger partial charge < -0.3 is 10.6 Å². The number of non-ortho nitro benzene ring substituents is 1. The number of benzene rings is 1. The first kappa shape index (κ1) is 14.6. The first-order chi connectivity index (χ1) is 9.52. The maximum atomic E-state index is 10.7. The van der Waals surface area contributed by atoms with Crippen LogP contribution in [0.5, 0.6) is 0 Å². The van der Waals surface area contributed by atoms with Crippen LogP contribution in [-0.4, -0.2) is 42.0 Å². The predicted octanol–water partition coefficient (Wildman–Crippen LogP) is 2.10. The molecule has 6 nitrogen and oxygen atoms in total. The lowest BCUT2D eigenvalue weighted by Gasteiger charge is -2.39. The van der Waals surface area contributed by atoms with Crippen molar-refractivity contribution in [3.05, 3.63) is 28.3 Å². The molecule has 20 heavy (non-hydrogen) atoms. The first-order valence-corrected chi connectivity index (χ1v) is 7.05. The van der Waals surface area contributed by atoms with Crippen LogP contribution in [0.4, 0.5) is 17.1 Å². The van der Waals surface area contributed by atoms with Crippen molar-refractivity contribution in [2.24, 2.45) is 0 Å². The van der Waals surface area contributed by atoms with Crippen molar-refractivity contribution in [1.82, 2.24) is 4.90 Å². The molecule has 110 valence electrons. The summed E-state index contributed by atoms with van der Waals surface area (Å²) in [6.07, 6.45) is 1.15. The molecule has 1 unspecified atom stereocenters. The minimum Gasteiger partial charge on any atom is -0.397 e. The standard InChI is InChI=1S/C14H22N4O2/c1-3-11(2)16-6-8-17(9-7-16)14-5-4-12(18(19)20)10-13(14)15/h4-5,10-11H,3,6-9,15H2,1-2H3.